The molecule has 23 heavy (non-hydrogen) atoms. The van der Waals surface area contributed by atoms with Gasteiger partial charge < -0.3 is 4.74 Å². The van der Waals surface area contributed by atoms with Crippen LogP contribution in [-0.4, -0.2) is 27.7 Å². The highest BCUT2D eigenvalue weighted by Crippen LogP contribution is 2.45. The predicted molar refractivity (Wildman–Crippen MR) is 85.6 cm³/mol. The second kappa shape index (κ2) is 5.21. The van der Waals surface area contributed by atoms with Crippen molar-refractivity contribution in [3.63, 3.8) is 0 Å². The summed E-state index contributed by atoms with van der Waals surface area (Å²) in [7, 11) is -3.86. The minimum atomic E-state index is -3.86. The number of benzene rings is 2. The lowest BCUT2D eigenvalue weighted by molar-refractivity contribution is 0.399. The normalized spacial score (nSPS) is 21.3. The van der Waals surface area contributed by atoms with Gasteiger partial charge in [0, 0.05) is 6.54 Å². The molecule has 2 aliphatic rings. The molecule has 0 aliphatic carbocycles. The Morgan fingerprint density at radius 3 is 2.30 bits per heavy atom. The van der Waals surface area contributed by atoms with Crippen LogP contribution in [0.5, 0.6) is 0 Å². The first-order chi connectivity index (χ1) is 11.1. The van der Waals surface area contributed by atoms with E-state index in [-0.39, 0.29) is 11.8 Å². The van der Waals surface area contributed by atoms with Gasteiger partial charge in [0.2, 0.25) is 0 Å². The van der Waals surface area contributed by atoms with Crippen molar-refractivity contribution in [2.24, 2.45) is 0 Å². The molecule has 0 unspecified atom stereocenters. The van der Waals surface area contributed by atoms with Crippen LogP contribution in [0, 0.1) is 5.82 Å². The Bertz CT molecular complexity index is 852. The Morgan fingerprint density at radius 2 is 1.65 bits per heavy atom. The van der Waals surface area contributed by atoms with Crippen LogP contribution in [0.3, 0.4) is 0 Å². The first-order valence-corrected chi connectivity index (χ1v) is 8.77. The average molecular weight is 334 g/mol. The van der Waals surface area contributed by atoms with Gasteiger partial charge in [-0.25, -0.2) is 8.70 Å². The molecule has 2 aromatic carbocycles. The highest BCUT2D eigenvalue weighted by atomic mass is 32.2. The van der Waals surface area contributed by atoms with E-state index < -0.39 is 16.0 Å². The number of ether oxygens (including phenoxy) is 1. The van der Waals surface area contributed by atoms with Gasteiger partial charge in [-0.1, -0.05) is 24.3 Å². The summed E-state index contributed by atoms with van der Waals surface area (Å²) in [4.78, 5) is 0. The second-order valence-corrected chi connectivity index (χ2v) is 7.23. The average Bonchev–Trinajstić information content (AvgIpc) is 3.31. The zero-order chi connectivity index (χ0) is 16.0. The van der Waals surface area contributed by atoms with Crippen LogP contribution in [0.1, 0.15) is 6.42 Å². The fourth-order valence-corrected chi connectivity index (χ4v) is 4.53. The van der Waals surface area contributed by atoms with Crippen molar-refractivity contribution in [3.05, 3.63) is 54.3 Å². The lowest BCUT2D eigenvalue weighted by Gasteiger charge is -2.21. The Labute approximate surface area is 134 Å². The molecule has 0 radical (unpaired) electrons. The fourth-order valence-electron chi connectivity index (χ4n) is 2.80. The smallest absolute Gasteiger partial charge is 0.331 e. The van der Waals surface area contributed by atoms with Crippen molar-refractivity contribution in [3.8, 4) is 0 Å². The van der Waals surface area contributed by atoms with Gasteiger partial charge in [0.15, 0.2) is 0 Å². The molecule has 1 atom stereocenters. The molecular weight excluding hydrogens is 319 g/mol. The molecule has 1 saturated heterocycles. The van der Waals surface area contributed by atoms with Gasteiger partial charge in [0.25, 0.3) is 0 Å². The van der Waals surface area contributed by atoms with Gasteiger partial charge in [-0.15, -0.1) is 0 Å². The Kier molecular flexibility index (Phi) is 3.28. The topological polar surface area (TPSA) is 53.2 Å². The number of halogens is 1. The van der Waals surface area contributed by atoms with E-state index in [0.29, 0.717) is 30.9 Å². The summed E-state index contributed by atoms with van der Waals surface area (Å²) in [5.74, 6) is -0.571. The summed E-state index contributed by atoms with van der Waals surface area (Å²) in [6, 6.07) is 12.8. The number of nitrogens with zero attached hydrogens (tertiary/aromatic N) is 2. The summed E-state index contributed by atoms with van der Waals surface area (Å²) in [5.41, 5.74) is 1.07. The molecule has 5 nitrogen and oxygen atoms in total. The van der Waals surface area contributed by atoms with Crippen LogP contribution >= 0.6 is 0 Å². The number of hydrogen-bond donors (Lipinski definition) is 0. The molecule has 0 spiro atoms. The number of rotatable bonds is 4. The van der Waals surface area contributed by atoms with E-state index in [1.165, 1.54) is 22.5 Å². The standard InChI is InChI=1S/C16H15FN2O3S/c17-13-5-1-2-6-14(13)19-16-8-4-3-7-15(16)18(23(19,20)21)10-9-12-11-22-12/h1-8,12H,9-11H2/t12-/m1/s1. The third kappa shape index (κ3) is 2.36. The molecule has 0 N–H and O–H groups in total. The molecule has 2 aromatic rings. The van der Waals surface area contributed by atoms with Crippen molar-refractivity contribution in [2.75, 3.05) is 21.8 Å². The van der Waals surface area contributed by atoms with Gasteiger partial charge in [-0.2, -0.15) is 8.42 Å². The van der Waals surface area contributed by atoms with E-state index in [2.05, 4.69) is 0 Å². The van der Waals surface area contributed by atoms with Crippen LogP contribution < -0.4 is 8.61 Å². The van der Waals surface area contributed by atoms with Gasteiger partial charge >= 0.3 is 10.2 Å². The molecular formula is C16H15FN2O3S. The van der Waals surface area contributed by atoms with E-state index in [1.54, 1.807) is 30.3 Å². The van der Waals surface area contributed by atoms with Gasteiger partial charge in [0.05, 0.1) is 29.8 Å². The lowest BCUT2D eigenvalue weighted by atomic mass is 10.2. The minimum Gasteiger partial charge on any atom is -0.373 e. The summed E-state index contributed by atoms with van der Waals surface area (Å²) in [6.07, 6.45) is 0.749. The van der Waals surface area contributed by atoms with Crippen molar-refractivity contribution in [2.45, 2.75) is 12.5 Å². The molecule has 0 aromatic heterocycles. The van der Waals surface area contributed by atoms with Gasteiger partial charge in [0.1, 0.15) is 5.82 Å². The zero-order valence-electron chi connectivity index (χ0n) is 12.2. The first-order valence-electron chi connectivity index (χ1n) is 7.37. The number of anilines is 3. The maximum Gasteiger partial charge on any atom is 0.331 e. The molecule has 4 rings (SSSR count). The third-order valence-corrected chi connectivity index (χ3v) is 5.80. The number of hydrogen-bond acceptors (Lipinski definition) is 3. The second-order valence-electron chi connectivity index (χ2n) is 5.53. The Balaban J connectivity index is 1.81. The van der Waals surface area contributed by atoms with Crippen LogP contribution in [0.25, 0.3) is 0 Å². The highest BCUT2D eigenvalue weighted by Gasteiger charge is 2.42. The quantitative estimate of drug-likeness (QED) is 0.808. The van der Waals surface area contributed by atoms with Crippen LogP contribution in [-0.2, 0) is 14.9 Å². The van der Waals surface area contributed by atoms with Crippen molar-refractivity contribution < 1.29 is 17.5 Å². The van der Waals surface area contributed by atoms with E-state index in [0.717, 1.165) is 4.31 Å². The Morgan fingerprint density at radius 1 is 1.04 bits per heavy atom. The summed E-state index contributed by atoms with van der Waals surface area (Å²) < 4.78 is 47.7. The van der Waals surface area contributed by atoms with E-state index in [4.69, 9.17) is 4.74 Å². The molecule has 2 heterocycles. The minimum absolute atomic E-state index is 0.0325. The highest BCUT2D eigenvalue weighted by molar-refractivity contribution is 7.95. The fraction of sp³-hybridized carbons (Fsp3) is 0.250. The molecule has 0 saturated carbocycles. The predicted octanol–water partition coefficient (Wildman–Crippen LogP) is 2.82. The van der Waals surface area contributed by atoms with E-state index in [9.17, 15) is 12.8 Å². The van der Waals surface area contributed by atoms with Crippen molar-refractivity contribution >= 4 is 27.3 Å². The van der Waals surface area contributed by atoms with Crippen molar-refractivity contribution in [1.29, 1.82) is 0 Å². The maximum absolute atomic E-state index is 14.2. The monoisotopic (exact) mass is 334 g/mol. The molecule has 2 aliphatic heterocycles. The molecule has 0 amide bonds. The first kappa shape index (κ1) is 14.5. The summed E-state index contributed by atoms with van der Waals surface area (Å²) >= 11 is 0. The van der Waals surface area contributed by atoms with Gasteiger partial charge in [-0.05, 0) is 30.7 Å². The summed E-state index contributed by atoms with van der Waals surface area (Å²) in [6.45, 7) is 0.988. The number of epoxide rings is 1. The third-order valence-electron chi connectivity index (χ3n) is 4.01. The van der Waals surface area contributed by atoms with Crippen molar-refractivity contribution in [1.82, 2.24) is 0 Å². The number of para-hydroxylation sites is 3. The molecule has 1 fully saturated rings. The van der Waals surface area contributed by atoms with Crippen LogP contribution in [0.15, 0.2) is 48.5 Å². The lowest BCUT2D eigenvalue weighted by Crippen LogP contribution is -2.36. The van der Waals surface area contributed by atoms with Crippen LogP contribution in [0.4, 0.5) is 21.5 Å². The molecule has 0 bridgehead atoms. The zero-order valence-corrected chi connectivity index (χ0v) is 13.0. The molecule has 7 heteroatoms. The SMILES string of the molecule is O=S1(=O)N(CC[C@@H]2CO2)c2ccccc2N1c1ccccc1F. The van der Waals surface area contributed by atoms with E-state index in [1.807, 2.05) is 0 Å². The summed E-state index contributed by atoms with van der Waals surface area (Å²) in [5, 5.41) is 0. The van der Waals surface area contributed by atoms with E-state index >= 15 is 0 Å². The maximum atomic E-state index is 14.2. The Hall–Kier alpha value is -2.12. The largest absolute Gasteiger partial charge is 0.373 e. The van der Waals surface area contributed by atoms with Gasteiger partial charge in [-0.3, -0.25) is 4.31 Å². The molecule has 120 valence electrons. The van der Waals surface area contributed by atoms with Crippen LogP contribution in [0.2, 0.25) is 0 Å². The number of fused-ring (bicyclic) bond motifs is 1.